The number of amides is 1. The van der Waals surface area contributed by atoms with Crippen LogP contribution in [0.25, 0.3) is 5.76 Å². The van der Waals surface area contributed by atoms with E-state index < -0.39 is 17.7 Å². The SMILES string of the molecule is O=C1C(=O)N(CCBr)C(c2ccc(Cl)cc2)C1=C(O)c1ccccc1. The summed E-state index contributed by atoms with van der Waals surface area (Å²) in [6.45, 7) is 0.351. The quantitative estimate of drug-likeness (QED) is 0.350. The molecule has 1 N–H and O–H groups in total. The van der Waals surface area contributed by atoms with Gasteiger partial charge in [-0.1, -0.05) is 70.0 Å². The highest BCUT2D eigenvalue weighted by molar-refractivity contribution is 9.09. The van der Waals surface area contributed by atoms with Gasteiger partial charge in [-0.15, -0.1) is 0 Å². The van der Waals surface area contributed by atoms with E-state index in [-0.39, 0.29) is 11.3 Å². The summed E-state index contributed by atoms with van der Waals surface area (Å²) in [5.41, 5.74) is 1.32. The number of aliphatic hydroxyl groups excluding tert-OH is 1. The molecule has 0 bridgehead atoms. The second-order valence-corrected chi connectivity index (χ2v) is 6.83. The summed E-state index contributed by atoms with van der Waals surface area (Å²) < 4.78 is 0. The van der Waals surface area contributed by atoms with E-state index in [0.717, 1.165) is 5.56 Å². The van der Waals surface area contributed by atoms with Crippen LogP contribution in [-0.2, 0) is 9.59 Å². The number of nitrogens with zero attached hydrogens (tertiary/aromatic N) is 1. The Morgan fingerprint density at radius 1 is 1.08 bits per heavy atom. The average molecular weight is 421 g/mol. The molecule has 2 aromatic carbocycles. The number of Topliss-reactive ketones (excluding diaryl/α,β-unsaturated/α-hetero) is 1. The van der Waals surface area contributed by atoms with Gasteiger partial charge in [0.2, 0.25) is 0 Å². The molecule has 1 amide bonds. The normalized spacial score (nSPS) is 19.4. The van der Waals surface area contributed by atoms with Crippen molar-refractivity contribution in [3.8, 4) is 0 Å². The summed E-state index contributed by atoms with van der Waals surface area (Å²) in [5.74, 6) is -1.46. The van der Waals surface area contributed by atoms with Crippen molar-refractivity contribution in [3.05, 3.63) is 76.3 Å². The zero-order chi connectivity index (χ0) is 18.0. The van der Waals surface area contributed by atoms with Crippen LogP contribution in [0.5, 0.6) is 0 Å². The molecule has 1 heterocycles. The molecular weight excluding hydrogens is 406 g/mol. The zero-order valence-electron chi connectivity index (χ0n) is 13.2. The average Bonchev–Trinajstić information content (AvgIpc) is 2.88. The minimum atomic E-state index is -0.678. The molecule has 1 aliphatic rings. The number of carbonyl (C=O) groups excluding carboxylic acids is 2. The van der Waals surface area contributed by atoms with Gasteiger partial charge in [0.15, 0.2) is 0 Å². The van der Waals surface area contributed by atoms with Crippen LogP contribution in [0.2, 0.25) is 5.02 Å². The zero-order valence-corrected chi connectivity index (χ0v) is 15.5. The lowest BCUT2D eigenvalue weighted by molar-refractivity contribution is -0.139. The molecule has 0 aliphatic carbocycles. The minimum Gasteiger partial charge on any atom is -0.507 e. The number of benzene rings is 2. The van der Waals surface area contributed by atoms with Crippen molar-refractivity contribution in [1.29, 1.82) is 0 Å². The van der Waals surface area contributed by atoms with Crippen LogP contribution < -0.4 is 0 Å². The van der Waals surface area contributed by atoms with Crippen molar-refractivity contribution in [2.75, 3.05) is 11.9 Å². The van der Waals surface area contributed by atoms with Gasteiger partial charge in [-0.05, 0) is 17.7 Å². The molecule has 1 unspecified atom stereocenters. The molecule has 3 rings (SSSR count). The van der Waals surface area contributed by atoms with E-state index in [1.165, 1.54) is 4.90 Å². The predicted molar refractivity (Wildman–Crippen MR) is 101 cm³/mol. The Kier molecular flexibility index (Phi) is 5.25. The van der Waals surface area contributed by atoms with Gasteiger partial charge in [-0.3, -0.25) is 9.59 Å². The Bertz CT molecular complexity index is 834. The largest absolute Gasteiger partial charge is 0.507 e. The summed E-state index contributed by atoms with van der Waals surface area (Å²) in [7, 11) is 0. The molecular formula is C19H15BrClNO3. The Hall–Kier alpha value is -2.11. The van der Waals surface area contributed by atoms with Gasteiger partial charge in [0.25, 0.3) is 11.7 Å². The van der Waals surface area contributed by atoms with Crippen molar-refractivity contribution in [3.63, 3.8) is 0 Å². The number of carbonyl (C=O) groups is 2. The van der Waals surface area contributed by atoms with E-state index in [1.54, 1.807) is 48.5 Å². The Morgan fingerprint density at radius 3 is 2.32 bits per heavy atom. The maximum absolute atomic E-state index is 12.6. The highest BCUT2D eigenvalue weighted by atomic mass is 79.9. The molecule has 0 saturated carbocycles. The number of likely N-dealkylation sites (tertiary alicyclic amines) is 1. The molecule has 0 spiro atoms. The number of aliphatic hydroxyl groups is 1. The molecule has 0 aromatic heterocycles. The first-order valence-corrected chi connectivity index (χ1v) is 9.19. The molecule has 25 heavy (non-hydrogen) atoms. The molecule has 6 heteroatoms. The van der Waals surface area contributed by atoms with E-state index in [4.69, 9.17) is 11.6 Å². The van der Waals surface area contributed by atoms with Crippen LogP contribution in [0.4, 0.5) is 0 Å². The Balaban J connectivity index is 2.18. The number of hydrogen-bond donors (Lipinski definition) is 1. The van der Waals surface area contributed by atoms with Crippen molar-refractivity contribution in [1.82, 2.24) is 4.90 Å². The van der Waals surface area contributed by atoms with E-state index >= 15 is 0 Å². The fourth-order valence-corrected chi connectivity index (χ4v) is 3.45. The summed E-state index contributed by atoms with van der Waals surface area (Å²) in [6, 6.07) is 15.0. The van der Waals surface area contributed by atoms with Crippen LogP contribution in [0.3, 0.4) is 0 Å². The first-order valence-electron chi connectivity index (χ1n) is 7.70. The third-order valence-corrected chi connectivity index (χ3v) is 4.70. The van der Waals surface area contributed by atoms with E-state index in [0.29, 0.717) is 22.5 Å². The summed E-state index contributed by atoms with van der Waals surface area (Å²) >= 11 is 9.27. The maximum Gasteiger partial charge on any atom is 0.295 e. The fraction of sp³-hybridized carbons (Fsp3) is 0.158. The van der Waals surface area contributed by atoms with E-state index in [9.17, 15) is 14.7 Å². The topological polar surface area (TPSA) is 57.6 Å². The second-order valence-electron chi connectivity index (χ2n) is 5.60. The summed E-state index contributed by atoms with van der Waals surface area (Å²) in [4.78, 5) is 26.5. The highest BCUT2D eigenvalue weighted by Crippen LogP contribution is 2.39. The standard InChI is InChI=1S/C19H15BrClNO3/c20-10-11-22-16(12-6-8-14(21)9-7-12)15(18(24)19(22)25)17(23)13-4-2-1-3-5-13/h1-9,16,23H,10-11H2. The molecule has 4 nitrogen and oxygen atoms in total. The molecule has 1 saturated heterocycles. The molecule has 0 radical (unpaired) electrons. The van der Waals surface area contributed by atoms with E-state index in [2.05, 4.69) is 15.9 Å². The van der Waals surface area contributed by atoms with Gasteiger partial charge >= 0.3 is 0 Å². The summed E-state index contributed by atoms with van der Waals surface area (Å²) in [5, 5.41) is 11.8. The third-order valence-electron chi connectivity index (χ3n) is 4.10. The molecule has 2 aromatic rings. The fourth-order valence-electron chi connectivity index (χ4n) is 2.94. The summed E-state index contributed by atoms with van der Waals surface area (Å²) in [6.07, 6.45) is 0. The number of halogens is 2. The second kappa shape index (κ2) is 7.42. The van der Waals surface area contributed by atoms with Crippen molar-refractivity contribution in [2.45, 2.75) is 6.04 Å². The third kappa shape index (κ3) is 3.34. The Morgan fingerprint density at radius 2 is 1.72 bits per heavy atom. The highest BCUT2D eigenvalue weighted by Gasteiger charge is 2.45. The van der Waals surface area contributed by atoms with Crippen LogP contribution in [0, 0.1) is 0 Å². The van der Waals surface area contributed by atoms with Crippen molar-refractivity contribution < 1.29 is 14.7 Å². The van der Waals surface area contributed by atoms with E-state index in [1.807, 2.05) is 6.07 Å². The monoisotopic (exact) mass is 419 g/mol. The smallest absolute Gasteiger partial charge is 0.295 e. The van der Waals surface area contributed by atoms with Crippen molar-refractivity contribution >= 4 is 45.0 Å². The van der Waals surface area contributed by atoms with Crippen LogP contribution in [0.15, 0.2) is 60.2 Å². The van der Waals surface area contributed by atoms with Crippen LogP contribution >= 0.6 is 27.5 Å². The predicted octanol–water partition coefficient (Wildman–Crippen LogP) is 4.16. The Labute approximate surface area is 158 Å². The lowest BCUT2D eigenvalue weighted by Gasteiger charge is -2.24. The molecule has 128 valence electrons. The molecule has 1 atom stereocenters. The number of rotatable bonds is 4. The number of alkyl halides is 1. The van der Waals surface area contributed by atoms with Crippen LogP contribution in [0.1, 0.15) is 17.2 Å². The van der Waals surface area contributed by atoms with Gasteiger partial charge in [0, 0.05) is 22.5 Å². The van der Waals surface area contributed by atoms with Gasteiger partial charge in [0.05, 0.1) is 11.6 Å². The first-order chi connectivity index (χ1) is 12.0. The van der Waals surface area contributed by atoms with Gasteiger partial charge < -0.3 is 10.0 Å². The number of hydrogen-bond acceptors (Lipinski definition) is 3. The lowest BCUT2D eigenvalue weighted by Crippen LogP contribution is -2.31. The van der Waals surface area contributed by atoms with Crippen molar-refractivity contribution in [2.24, 2.45) is 0 Å². The van der Waals surface area contributed by atoms with Gasteiger partial charge in [-0.25, -0.2) is 0 Å². The minimum absolute atomic E-state index is 0.0967. The maximum atomic E-state index is 12.6. The van der Waals surface area contributed by atoms with Gasteiger partial charge in [-0.2, -0.15) is 0 Å². The number of ketones is 1. The van der Waals surface area contributed by atoms with Crippen LogP contribution in [-0.4, -0.2) is 33.6 Å². The lowest BCUT2D eigenvalue weighted by atomic mass is 9.95. The molecule has 1 aliphatic heterocycles. The van der Waals surface area contributed by atoms with Gasteiger partial charge in [0.1, 0.15) is 5.76 Å². The molecule has 1 fully saturated rings. The first kappa shape index (κ1) is 17.7.